The van der Waals surface area contributed by atoms with Gasteiger partial charge in [0.2, 0.25) is 0 Å². The maximum absolute atomic E-state index is 14.8. The molecule has 0 radical (unpaired) electrons. The van der Waals surface area contributed by atoms with Crippen LogP contribution in [-0.2, 0) is 76.3 Å². The zero-order chi connectivity index (χ0) is 85.7. The van der Waals surface area contributed by atoms with Crippen molar-refractivity contribution in [3.8, 4) is 0 Å². The molecule has 0 aromatic rings. The van der Waals surface area contributed by atoms with Crippen molar-refractivity contribution in [1.29, 1.82) is 0 Å². The summed E-state index contributed by atoms with van der Waals surface area (Å²) in [4.78, 5) is 102. The van der Waals surface area contributed by atoms with E-state index in [1.165, 1.54) is 0 Å². The van der Waals surface area contributed by atoms with E-state index in [1.54, 1.807) is 13.8 Å². The summed E-state index contributed by atoms with van der Waals surface area (Å²) in [6, 6.07) is 0. The maximum Gasteiger partial charge on any atom is 2.00 e. The van der Waals surface area contributed by atoms with Crippen molar-refractivity contribution in [2.45, 2.75) is 348 Å². The zero-order valence-electron chi connectivity index (χ0n) is 70.6. The molecule has 652 valence electrons. The third-order valence-corrected chi connectivity index (χ3v) is 34.4. The summed E-state index contributed by atoms with van der Waals surface area (Å²) in [7, 11) is 0. The van der Waals surface area contributed by atoms with Crippen LogP contribution in [0.1, 0.15) is 213 Å². The van der Waals surface area contributed by atoms with Gasteiger partial charge in [0.15, 0.2) is 36.7 Å². The molecule has 4 heterocycles. The number of hydrogen-bond donors (Lipinski definition) is 10. The molecule has 0 spiro atoms. The largest absolute Gasteiger partial charge is 2.00 e. The van der Waals surface area contributed by atoms with E-state index < -0.39 is 214 Å². The van der Waals surface area contributed by atoms with Crippen LogP contribution in [0.25, 0.3) is 0 Å². The van der Waals surface area contributed by atoms with Gasteiger partial charge in [0.05, 0.1) is 36.1 Å². The van der Waals surface area contributed by atoms with Gasteiger partial charge in [-0.25, -0.2) is 0 Å². The van der Waals surface area contributed by atoms with Crippen LogP contribution in [0.5, 0.6) is 0 Å². The fourth-order valence-electron chi connectivity index (χ4n) is 26.7. The van der Waals surface area contributed by atoms with Crippen LogP contribution in [0.4, 0.5) is 0 Å². The first kappa shape index (κ1) is 98.4. The van der Waals surface area contributed by atoms with Gasteiger partial charge in [0.25, 0.3) is 0 Å². The first-order valence-corrected chi connectivity index (χ1v) is 41.4. The van der Waals surface area contributed by atoms with Gasteiger partial charge in [0, 0.05) is 34.6 Å². The van der Waals surface area contributed by atoms with Crippen LogP contribution in [0.3, 0.4) is 0 Å². The number of aliphatic hydroxyl groups is 10. The van der Waals surface area contributed by atoms with Crippen molar-refractivity contribution >= 4 is 117 Å². The van der Waals surface area contributed by atoms with Gasteiger partial charge >= 0.3 is 69.2 Å². The minimum atomic E-state index is -2.16. The third kappa shape index (κ3) is 15.4. The number of aliphatic carboxylic acids is 6. The van der Waals surface area contributed by atoms with Gasteiger partial charge in [0.1, 0.15) is 97.7 Å². The maximum atomic E-state index is 14.8. The van der Waals surface area contributed by atoms with Crippen molar-refractivity contribution in [3.63, 3.8) is 0 Å². The summed E-state index contributed by atoms with van der Waals surface area (Å²) in [6.07, 6.45) is -26.8. The average Bonchev–Trinajstić information content (AvgIpc) is 0.675. The van der Waals surface area contributed by atoms with Crippen molar-refractivity contribution in [2.75, 3.05) is 0 Å². The molecule has 4 saturated heterocycles. The number of allylic oxidation sites excluding steroid dienone is 4. The fraction of sp³-hybridized carbons (Fsp3) is 0.857. The Kier molecular flexibility index (Phi) is 27.9. The molecule has 10 N–H and O–H groups in total. The SMILES string of the molecule is CC1(C(=O)[O-])CCC2(C)CCC3(C)C(=CC(=O)C4C5(C)CCC(OC6OC(C(=O)[O-])C(O)C(O)C6OC6OC(C(=O)[O-])C(O)C(O)C6O)C(C)(C)C5CCC43C)C2C1.CC1(C(=O)[O-])CCC2(C)CCC3(C)C(=CC(=O)C4C5(C)CCC(OC6OC(C(=O)[O-])C(O)C(O)C6OC6OC(C(=O)[O-])C(O)C(O)C6O)C(C)(C)C5CCC43C)C2C1.[Mg+2].[Mg+2].[Mg+2]. The molecule has 14 aliphatic rings. The molecule has 0 bridgehead atoms. The number of carbonyl (C=O) groups is 8. The molecule has 0 aromatic carbocycles. The molecule has 4 aliphatic heterocycles. The predicted molar refractivity (Wildman–Crippen MR) is 400 cm³/mol. The first-order valence-electron chi connectivity index (χ1n) is 41.4. The van der Waals surface area contributed by atoms with Crippen LogP contribution in [0.15, 0.2) is 23.3 Å². The van der Waals surface area contributed by atoms with E-state index in [2.05, 4.69) is 55.4 Å². The molecule has 0 aromatic heterocycles. The van der Waals surface area contributed by atoms with Crippen molar-refractivity contribution < 1.29 is 158 Å². The van der Waals surface area contributed by atoms with Crippen molar-refractivity contribution in [1.82, 2.24) is 0 Å². The van der Waals surface area contributed by atoms with Crippen LogP contribution in [-0.4, -0.2) is 303 Å². The Hall–Kier alpha value is -2.78. The summed E-state index contributed by atoms with van der Waals surface area (Å²) in [5, 5.41) is 178. The van der Waals surface area contributed by atoms with E-state index in [-0.39, 0.29) is 138 Å². The molecule has 35 heteroatoms. The van der Waals surface area contributed by atoms with Gasteiger partial charge in [-0.05, 0) is 206 Å². The number of carboxylic acid groups (broad SMARTS) is 6. The summed E-state index contributed by atoms with van der Waals surface area (Å²) in [5.74, 6) is -10.7. The summed E-state index contributed by atoms with van der Waals surface area (Å²) >= 11 is 0. The number of ketones is 2. The molecule has 12 fully saturated rings. The van der Waals surface area contributed by atoms with Gasteiger partial charge in [-0.3, -0.25) is 9.59 Å². The minimum absolute atomic E-state index is 0. The average molecular weight is 1710 g/mol. The minimum Gasteiger partial charge on any atom is -0.550 e. The van der Waals surface area contributed by atoms with E-state index in [0.717, 1.165) is 49.7 Å². The molecule has 0 amide bonds. The van der Waals surface area contributed by atoms with E-state index in [9.17, 15) is 120 Å². The molecule has 10 aliphatic carbocycles. The van der Waals surface area contributed by atoms with Crippen LogP contribution >= 0.6 is 0 Å². The molecule has 119 heavy (non-hydrogen) atoms. The van der Waals surface area contributed by atoms with Gasteiger partial charge in [-0.1, -0.05) is 108 Å². The van der Waals surface area contributed by atoms with Crippen molar-refractivity contribution in [2.24, 2.45) is 100 Å². The number of rotatable bonds is 14. The predicted octanol–water partition coefficient (Wildman–Crippen LogP) is -4.66. The Labute approximate surface area is 740 Å². The Bertz CT molecular complexity index is 3730. The van der Waals surface area contributed by atoms with E-state index in [1.807, 2.05) is 39.8 Å². The Morgan fingerprint density at radius 3 is 0.933 bits per heavy atom. The molecule has 38 atom stereocenters. The number of ether oxygens (including phenoxy) is 8. The summed E-state index contributed by atoms with van der Waals surface area (Å²) < 4.78 is 46.2. The summed E-state index contributed by atoms with van der Waals surface area (Å²) in [6.45, 7) is 29.3. The van der Waals surface area contributed by atoms with Gasteiger partial charge in [-0.2, -0.15) is 0 Å². The quantitative estimate of drug-likeness (QED) is 0.0577. The molecule has 14 rings (SSSR count). The van der Waals surface area contributed by atoms with Gasteiger partial charge < -0.3 is 148 Å². The Morgan fingerprint density at radius 2 is 0.639 bits per heavy atom. The van der Waals surface area contributed by atoms with Crippen LogP contribution in [0.2, 0.25) is 0 Å². The number of aliphatic hydroxyl groups excluding tert-OH is 10. The van der Waals surface area contributed by atoms with Crippen molar-refractivity contribution in [3.05, 3.63) is 23.3 Å². The van der Waals surface area contributed by atoms with Gasteiger partial charge in [-0.15, -0.1) is 0 Å². The van der Waals surface area contributed by atoms with Crippen LogP contribution < -0.4 is 30.6 Å². The molecule has 8 saturated carbocycles. The van der Waals surface area contributed by atoms with E-state index >= 15 is 0 Å². The normalized spacial score (nSPS) is 51.2. The monoisotopic (exact) mass is 1710 g/mol. The second kappa shape index (κ2) is 33.7. The first-order chi connectivity index (χ1) is 53.5. The third-order valence-electron chi connectivity index (χ3n) is 34.4. The Morgan fingerprint density at radius 1 is 0.353 bits per heavy atom. The fourth-order valence-corrected chi connectivity index (χ4v) is 26.7. The van der Waals surface area contributed by atoms with E-state index in [0.29, 0.717) is 77.0 Å². The number of fused-ring (bicyclic) bond motifs is 14. The number of carbonyl (C=O) groups excluding carboxylic acids is 8. The molecular formula is C84H118Mg3O32. The molecular weight excluding hydrogens is 1590 g/mol. The zero-order valence-corrected chi connectivity index (χ0v) is 74.9. The number of hydrogen-bond acceptors (Lipinski definition) is 32. The molecule has 32 nitrogen and oxygen atoms in total. The second-order valence-electron chi connectivity index (χ2n) is 41.1. The second-order valence-corrected chi connectivity index (χ2v) is 41.1. The summed E-state index contributed by atoms with van der Waals surface area (Å²) in [5.41, 5.74) is -4.22. The topological polar surface area (TPSA) is 551 Å². The van der Waals surface area contributed by atoms with E-state index in [4.69, 9.17) is 37.9 Å². The number of carboxylic acids is 6. The molecule has 38 unspecified atom stereocenters. The smallest absolute Gasteiger partial charge is 0.550 e. The van der Waals surface area contributed by atoms with Crippen LogP contribution in [0, 0.1) is 100 Å². The standard InChI is InChI=1S/2C42H62O16.3Mg/c2*1-37(2)21-8-11-42(7)31(20(43)16-18-19-17-39(4,36(53)54)13-12-38(19,3)14-15-41(18,42)6)40(21,5)10-9-22(37)55-35-30(26(47)25(46)29(57-35)33(51)52)58-34-27(48)23(44)24(45)28(56-34)32(49)50;;;/h2*16,19,21-31,34-35,44-48H,8-15,17H2,1-7H3,(H,49,50)(H,51,52)(H,53,54);;;/q;;3*+2/p-6. The Balaban J connectivity index is 0.000000244.